The van der Waals surface area contributed by atoms with Gasteiger partial charge < -0.3 is 4.74 Å². The van der Waals surface area contributed by atoms with Gasteiger partial charge in [-0.1, -0.05) is 310 Å². The summed E-state index contributed by atoms with van der Waals surface area (Å²) in [4.78, 5) is 0. The van der Waals surface area contributed by atoms with Crippen molar-refractivity contribution in [1.82, 2.24) is 0 Å². The quantitative estimate of drug-likeness (QED) is 0.0666. The van der Waals surface area contributed by atoms with Crippen LogP contribution in [0.5, 0.6) is 5.75 Å². The normalized spacial score (nSPS) is 25.3. The van der Waals surface area contributed by atoms with Crippen LogP contribution in [0.3, 0.4) is 0 Å². The van der Waals surface area contributed by atoms with Crippen LogP contribution in [-0.4, -0.2) is 6.36 Å². The van der Waals surface area contributed by atoms with E-state index in [0.29, 0.717) is 17.4 Å². The molecule has 12 rings (SSSR count). The summed E-state index contributed by atoms with van der Waals surface area (Å²) in [7, 11) is 0. The molecule has 0 aliphatic heterocycles. The van der Waals surface area contributed by atoms with Crippen molar-refractivity contribution in [1.29, 1.82) is 0 Å². The average molecular weight is 1570 g/mol. The first-order valence-corrected chi connectivity index (χ1v) is 42.2. The minimum atomic E-state index is -5.11. The molecule has 0 spiro atoms. The Morgan fingerprint density at radius 3 is 0.919 bits per heavy atom. The monoisotopic (exact) mass is 1570 g/mol. The second kappa shape index (κ2) is 58.2. The van der Waals surface area contributed by atoms with Gasteiger partial charge in [-0.25, -0.2) is 26.3 Å². The Kier molecular flexibility index (Phi) is 56.8. The summed E-state index contributed by atoms with van der Waals surface area (Å²) in [6, 6.07) is 30.8. The number of hydrogen-bond donors (Lipinski definition) is 0. The number of alkyl halides is 3. The van der Waals surface area contributed by atoms with Crippen molar-refractivity contribution in [3.05, 3.63) is 160 Å². The fraction of sp³-hybridized carbons (Fsp3) is 0.703. The third-order valence-electron chi connectivity index (χ3n) is 25.6. The van der Waals surface area contributed by atoms with Gasteiger partial charge in [-0.05, 0) is 281 Å². The first-order chi connectivity index (χ1) is 49.9. The fourth-order valence-electron chi connectivity index (χ4n) is 19.7. The highest BCUT2D eigenvalue weighted by atomic mass is 19.4. The molecule has 1 nitrogen and oxygen atoms in total. The lowest BCUT2D eigenvalue weighted by Crippen LogP contribution is -2.26. The van der Waals surface area contributed by atoms with Gasteiger partial charge in [0.1, 0.15) is 0 Å². The van der Waals surface area contributed by atoms with Gasteiger partial charge in [0.05, 0.1) is 0 Å². The lowest BCUT2D eigenvalue weighted by Gasteiger charge is -2.38. The molecule has 7 aliphatic carbocycles. The molecular formula is C101H167F9O. The molecule has 0 amide bonds. The summed E-state index contributed by atoms with van der Waals surface area (Å²) in [6.07, 6.45) is 47.1. The Labute approximate surface area is 678 Å². The molecule has 111 heavy (non-hydrogen) atoms. The van der Waals surface area contributed by atoms with E-state index in [9.17, 15) is 39.5 Å². The molecule has 0 atom stereocenters. The van der Waals surface area contributed by atoms with Crippen molar-refractivity contribution in [2.24, 2.45) is 65.1 Å². The van der Waals surface area contributed by atoms with Gasteiger partial charge in [-0.15, -0.1) is 13.2 Å². The molecule has 0 aromatic heterocycles. The van der Waals surface area contributed by atoms with E-state index >= 15 is 0 Å². The van der Waals surface area contributed by atoms with E-state index in [2.05, 4.69) is 87.0 Å². The highest BCUT2D eigenvalue weighted by Crippen LogP contribution is 2.48. The van der Waals surface area contributed by atoms with Crippen LogP contribution in [0.25, 0.3) is 11.1 Å². The average Bonchev–Trinajstić information content (AvgIpc) is 0.809. The highest BCUT2D eigenvalue weighted by Gasteiger charge is 2.37. The predicted molar refractivity (Wildman–Crippen MR) is 467 cm³/mol. The van der Waals surface area contributed by atoms with Gasteiger partial charge in [-0.2, -0.15) is 0 Å². The zero-order chi connectivity index (χ0) is 74.1. The smallest absolute Gasteiger partial charge is 0.399 e. The van der Waals surface area contributed by atoms with Crippen LogP contribution in [0.2, 0.25) is 0 Å². The molecule has 5 aromatic carbocycles. The molecule has 7 aliphatic rings. The summed E-state index contributed by atoms with van der Waals surface area (Å²) in [5, 5.41) is 0. The van der Waals surface area contributed by atoms with Gasteiger partial charge in [0.15, 0.2) is 34.9 Å². The topological polar surface area (TPSA) is 9.23 Å². The van der Waals surface area contributed by atoms with Gasteiger partial charge in [-0.3, -0.25) is 0 Å². The van der Waals surface area contributed by atoms with Crippen molar-refractivity contribution in [3.8, 4) is 16.9 Å². The van der Waals surface area contributed by atoms with Crippen molar-refractivity contribution in [2.45, 2.75) is 396 Å². The van der Waals surface area contributed by atoms with Crippen LogP contribution in [0.1, 0.15) is 405 Å². The van der Waals surface area contributed by atoms with E-state index < -0.39 is 47.0 Å². The maximum absolute atomic E-state index is 14.0. The number of rotatable bonds is 21. The molecular weight excluding hydrogens is 1400 g/mol. The van der Waals surface area contributed by atoms with Crippen molar-refractivity contribution < 1.29 is 44.3 Å². The standard InChI is InChI=1S/2C23H34F2.C22H29F5O.C21H26.2C2H6.8CH4/c1-2-3-17-4-6-18(7-5-17)8-9-19-10-12-20(13-11-19)21-14-15-22(24)23(25)16-21;1-2-3-17-6-11-20(12-7-17)21-13-8-18(9-14-21)4-5-19-10-15-22(24)23(25)16-19;1-2-3-14-4-6-15(7-5-14)16-8-10-17(11-9-16)18-12-19(23)21(20(24)13-18)28-22(25,26)27;1-2-6-17-9-11-19(12-10-17)21-15-13-20(14-16-21)18-7-4-3-5-8-18;2*1-2;;;;;;;;/h14-20H,2-13H2,1H3;10,15-18,20-21H,2-9,11-14H2,1H3;12-17H,2-11H2,1H3;3-5,7-8,13-17,19H,2,6,9-12H2,1H3;2*1-2H3;8*1H4. The first kappa shape index (κ1) is 108. The summed E-state index contributed by atoms with van der Waals surface area (Å²) in [5.41, 5.74) is 6.57. The maximum Gasteiger partial charge on any atom is 0.573 e. The number of ether oxygens (including phenoxy) is 1. The molecule has 0 radical (unpaired) electrons. The third kappa shape index (κ3) is 36.1. The number of aryl methyl sites for hydroxylation is 1. The Bertz CT molecular complexity index is 3030. The molecule has 640 valence electrons. The van der Waals surface area contributed by atoms with Crippen LogP contribution in [-0.2, 0) is 6.42 Å². The SMILES string of the molecule is C.C.C.C.C.C.C.C.CC.CC.CCCC1CCC(C2CCC(CCc3ccc(F)c(F)c3)CC2)CC1.CCCC1CCC(C2CCC(c3cc(F)c(OC(F)(F)F)c(F)c3)CC2)CC1.CCCC1CCC(CCC2CCC(c3ccc(F)c(F)c3)CC2)CC1.CCCC1CCC(c2ccc(-c3ccccc3)cc2)CC1. The Morgan fingerprint density at radius 1 is 0.279 bits per heavy atom. The third-order valence-corrected chi connectivity index (χ3v) is 25.6. The molecule has 0 unspecified atom stereocenters. The zero-order valence-electron chi connectivity index (χ0n) is 65.0. The number of halogens is 9. The molecule has 7 saturated carbocycles. The Balaban J connectivity index is 0. The minimum absolute atomic E-state index is 0. The van der Waals surface area contributed by atoms with E-state index in [4.69, 9.17) is 0 Å². The van der Waals surface area contributed by atoms with E-state index in [1.807, 2.05) is 27.7 Å². The van der Waals surface area contributed by atoms with Gasteiger partial charge >= 0.3 is 6.36 Å². The van der Waals surface area contributed by atoms with Crippen LogP contribution in [0.4, 0.5) is 39.5 Å². The zero-order valence-corrected chi connectivity index (χ0v) is 65.0. The number of hydrogen-bond acceptors (Lipinski definition) is 1. The maximum atomic E-state index is 14.0. The van der Waals surface area contributed by atoms with Gasteiger partial charge in [0.25, 0.3) is 0 Å². The van der Waals surface area contributed by atoms with Crippen molar-refractivity contribution >= 4 is 0 Å². The molecule has 5 aromatic rings. The summed E-state index contributed by atoms with van der Waals surface area (Å²) in [6.45, 7) is 17.2. The Morgan fingerprint density at radius 2 is 0.559 bits per heavy atom. The second-order valence-electron chi connectivity index (χ2n) is 32.3. The largest absolute Gasteiger partial charge is 0.573 e. The summed E-state index contributed by atoms with van der Waals surface area (Å²) in [5.74, 6) is 4.26. The minimum Gasteiger partial charge on any atom is -0.399 e. The second-order valence-corrected chi connectivity index (χ2v) is 32.3. The fourth-order valence-corrected chi connectivity index (χ4v) is 19.7. The molecule has 7 fully saturated rings. The summed E-state index contributed by atoms with van der Waals surface area (Å²) < 4.78 is 121. The highest BCUT2D eigenvalue weighted by molar-refractivity contribution is 5.63. The molecule has 0 heterocycles. The van der Waals surface area contributed by atoms with E-state index in [1.165, 1.54) is 241 Å². The Hall–Kier alpha value is -4.73. The molecule has 10 heteroatoms. The lowest BCUT2D eigenvalue weighted by atomic mass is 9.68. The van der Waals surface area contributed by atoms with Crippen LogP contribution < -0.4 is 4.74 Å². The van der Waals surface area contributed by atoms with Crippen molar-refractivity contribution in [2.75, 3.05) is 0 Å². The van der Waals surface area contributed by atoms with Crippen LogP contribution >= 0.6 is 0 Å². The van der Waals surface area contributed by atoms with E-state index in [0.717, 1.165) is 140 Å². The van der Waals surface area contributed by atoms with Gasteiger partial charge in [0.2, 0.25) is 5.75 Å². The molecule has 0 saturated heterocycles. The van der Waals surface area contributed by atoms with Gasteiger partial charge in [0, 0.05) is 0 Å². The van der Waals surface area contributed by atoms with Crippen LogP contribution in [0, 0.1) is 100 Å². The lowest BCUT2D eigenvalue weighted by molar-refractivity contribution is -0.276. The first-order valence-electron chi connectivity index (χ1n) is 42.2. The van der Waals surface area contributed by atoms with E-state index in [1.54, 1.807) is 17.7 Å². The van der Waals surface area contributed by atoms with E-state index in [-0.39, 0.29) is 65.3 Å². The summed E-state index contributed by atoms with van der Waals surface area (Å²) >= 11 is 0. The molecule has 0 bridgehead atoms. The predicted octanol–water partition coefficient (Wildman–Crippen LogP) is 36.2. The van der Waals surface area contributed by atoms with Crippen molar-refractivity contribution in [3.63, 3.8) is 0 Å². The number of benzene rings is 5. The van der Waals surface area contributed by atoms with Crippen LogP contribution in [0.15, 0.2) is 103 Å². The molecule has 0 N–H and O–H groups in total.